The van der Waals surface area contributed by atoms with E-state index in [0.717, 1.165) is 47.3 Å². The summed E-state index contributed by atoms with van der Waals surface area (Å²) in [7, 11) is 4.26. The molecule has 3 aromatic heterocycles. The quantitative estimate of drug-likeness (QED) is 0.569. The van der Waals surface area contributed by atoms with E-state index >= 15 is 0 Å². The summed E-state index contributed by atoms with van der Waals surface area (Å²) < 4.78 is 2.03. The van der Waals surface area contributed by atoms with Crippen molar-refractivity contribution in [1.82, 2.24) is 24.6 Å². The summed E-state index contributed by atoms with van der Waals surface area (Å²) in [5, 5.41) is 3.92. The fraction of sp³-hybridized carbons (Fsp3) is 0.348. The van der Waals surface area contributed by atoms with Gasteiger partial charge < -0.3 is 15.1 Å². The summed E-state index contributed by atoms with van der Waals surface area (Å²) >= 11 is 0. The van der Waals surface area contributed by atoms with Gasteiger partial charge in [-0.15, -0.1) is 0 Å². The lowest BCUT2D eigenvalue weighted by atomic mass is 10.1. The Morgan fingerprint density at radius 3 is 2.83 bits per heavy atom. The Hall–Kier alpha value is -3.19. The van der Waals surface area contributed by atoms with Gasteiger partial charge in [-0.25, -0.2) is 9.97 Å². The van der Waals surface area contributed by atoms with Crippen molar-refractivity contribution in [2.45, 2.75) is 19.4 Å². The lowest BCUT2D eigenvalue weighted by Gasteiger charge is -2.23. The summed E-state index contributed by atoms with van der Waals surface area (Å²) in [5.74, 6) is -0.109. The van der Waals surface area contributed by atoms with E-state index < -0.39 is 0 Å². The van der Waals surface area contributed by atoms with Gasteiger partial charge in [-0.2, -0.15) is 0 Å². The predicted octanol–water partition coefficient (Wildman–Crippen LogP) is 2.93. The molecular formula is C23H26N6O. The van der Waals surface area contributed by atoms with Gasteiger partial charge in [-0.3, -0.25) is 9.20 Å². The van der Waals surface area contributed by atoms with Crippen LogP contribution in [0.2, 0.25) is 0 Å². The number of anilines is 1. The van der Waals surface area contributed by atoms with Gasteiger partial charge in [-0.05, 0) is 51.7 Å². The van der Waals surface area contributed by atoms with Crippen LogP contribution in [0.5, 0.6) is 0 Å². The molecule has 0 bridgehead atoms. The fourth-order valence-corrected chi connectivity index (χ4v) is 4.48. The highest BCUT2D eigenvalue weighted by atomic mass is 16.1. The molecule has 0 radical (unpaired) electrons. The molecule has 1 amide bonds. The Morgan fingerprint density at radius 1 is 1.23 bits per heavy atom. The van der Waals surface area contributed by atoms with Crippen LogP contribution in [-0.2, 0) is 0 Å². The molecule has 1 fully saturated rings. The normalized spacial score (nSPS) is 16.9. The van der Waals surface area contributed by atoms with Crippen molar-refractivity contribution >= 4 is 39.3 Å². The van der Waals surface area contributed by atoms with Gasteiger partial charge in [0.1, 0.15) is 5.65 Å². The smallest absolute Gasteiger partial charge is 0.255 e. The molecule has 5 rings (SSSR count). The van der Waals surface area contributed by atoms with Crippen LogP contribution >= 0.6 is 0 Å². The highest BCUT2D eigenvalue weighted by molar-refractivity contribution is 6.07. The number of fused-ring (bicyclic) bond motifs is 5. The number of hydrogen-bond acceptors (Lipinski definition) is 5. The van der Waals surface area contributed by atoms with Crippen LogP contribution in [0.1, 0.15) is 23.7 Å². The lowest BCUT2D eigenvalue weighted by Crippen LogP contribution is -2.31. The second kappa shape index (κ2) is 7.25. The van der Waals surface area contributed by atoms with E-state index in [4.69, 9.17) is 9.97 Å². The van der Waals surface area contributed by atoms with E-state index in [0.29, 0.717) is 23.8 Å². The van der Waals surface area contributed by atoms with E-state index in [-0.39, 0.29) is 5.91 Å². The Balaban J connectivity index is 1.79. The number of nitrogens with zero attached hydrogens (tertiary/aromatic N) is 5. The van der Waals surface area contributed by atoms with Crippen LogP contribution in [0, 0.1) is 0 Å². The van der Waals surface area contributed by atoms with Crippen molar-refractivity contribution in [1.29, 1.82) is 0 Å². The summed E-state index contributed by atoms with van der Waals surface area (Å²) in [6, 6.07) is 12.5. The zero-order valence-corrected chi connectivity index (χ0v) is 17.6. The van der Waals surface area contributed by atoms with Crippen LogP contribution in [0.3, 0.4) is 0 Å². The van der Waals surface area contributed by atoms with E-state index in [2.05, 4.69) is 35.3 Å². The lowest BCUT2D eigenvalue weighted by molar-refractivity contribution is 0.0957. The van der Waals surface area contributed by atoms with Crippen molar-refractivity contribution in [3.05, 3.63) is 48.2 Å². The molecule has 0 unspecified atom stereocenters. The molecule has 4 heterocycles. The summed E-state index contributed by atoms with van der Waals surface area (Å²) in [4.78, 5) is 27.1. The second-order valence-corrected chi connectivity index (χ2v) is 8.10. The molecule has 0 spiro atoms. The molecule has 1 N–H and O–H groups in total. The van der Waals surface area contributed by atoms with Crippen molar-refractivity contribution in [3.8, 4) is 0 Å². The number of aromatic nitrogens is 3. The topological polar surface area (TPSA) is 65.8 Å². The van der Waals surface area contributed by atoms with E-state index in [1.807, 2.05) is 47.9 Å². The number of para-hydroxylation sites is 2. The number of carbonyl (C=O) groups is 1. The summed E-state index contributed by atoms with van der Waals surface area (Å²) in [6.07, 6.45) is 2.98. The molecule has 7 heteroatoms. The standard InChI is InChI=1S/C23H26N6O/c1-4-24-23(30)17-13-16-19(28-12-10-15(14-28)27(2)3)9-11-25-21(16)29-20-8-6-5-7-18(20)26-22(17)29/h5-9,11,13,15H,4,10,12,14H2,1-3H3,(H,24,30)/t15-/m0/s1. The average molecular weight is 403 g/mol. The van der Waals surface area contributed by atoms with Crippen LogP contribution in [-0.4, -0.2) is 64.9 Å². The van der Waals surface area contributed by atoms with Crippen molar-refractivity contribution in [2.75, 3.05) is 38.6 Å². The van der Waals surface area contributed by atoms with E-state index in [1.165, 1.54) is 0 Å². The molecule has 1 atom stereocenters. The maximum Gasteiger partial charge on any atom is 0.255 e. The number of pyridine rings is 2. The minimum atomic E-state index is -0.109. The number of imidazole rings is 1. The van der Waals surface area contributed by atoms with Gasteiger partial charge in [-0.1, -0.05) is 12.1 Å². The van der Waals surface area contributed by atoms with E-state index in [9.17, 15) is 4.79 Å². The average Bonchev–Trinajstić information content (AvgIpc) is 3.38. The predicted molar refractivity (Wildman–Crippen MR) is 120 cm³/mol. The number of hydrogen-bond donors (Lipinski definition) is 1. The van der Waals surface area contributed by atoms with Gasteiger partial charge in [0.25, 0.3) is 5.91 Å². The molecule has 30 heavy (non-hydrogen) atoms. The van der Waals surface area contributed by atoms with Crippen LogP contribution in [0.15, 0.2) is 42.6 Å². The monoisotopic (exact) mass is 402 g/mol. The van der Waals surface area contributed by atoms with Gasteiger partial charge in [0.15, 0.2) is 5.65 Å². The van der Waals surface area contributed by atoms with E-state index in [1.54, 1.807) is 0 Å². The zero-order valence-electron chi connectivity index (χ0n) is 17.6. The molecule has 154 valence electrons. The molecule has 4 aromatic rings. The molecule has 1 saturated heterocycles. The van der Waals surface area contributed by atoms with Gasteiger partial charge in [0, 0.05) is 42.9 Å². The SMILES string of the molecule is CCNC(=O)c1cc2c(N3CC[C@H](N(C)C)C3)ccnc2n2c1nc1ccccc12. The molecule has 0 aliphatic carbocycles. The summed E-state index contributed by atoms with van der Waals surface area (Å²) in [6.45, 7) is 4.45. The highest BCUT2D eigenvalue weighted by Crippen LogP contribution is 2.33. The van der Waals surface area contributed by atoms with Crippen molar-refractivity contribution < 1.29 is 4.79 Å². The number of benzene rings is 1. The number of rotatable bonds is 4. The Bertz CT molecular complexity index is 1260. The van der Waals surface area contributed by atoms with Gasteiger partial charge in [0.2, 0.25) is 0 Å². The second-order valence-electron chi connectivity index (χ2n) is 8.10. The van der Waals surface area contributed by atoms with Crippen molar-refractivity contribution in [3.63, 3.8) is 0 Å². The van der Waals surface area contributed by atoms with Crippen molar-refractivity contribution in [2.24, 2.45) is 0 Å². The molecule has 1 aromatic carbocycles. The maximum atomic E-state index is 12.9. The third kappa shape index (κ3) is 2.89. The third-order valence-electron chi connectivity index (χ3n) is 6.06. The number of likely N-dealkylation sites (N-methyl/N-ethyl adjacent to an activating group) is 1. The highest BCUT2D eigenvalue weighted by Gasteiger charge is 2.27. The Kier molecular flexibility index (Phi) is 4.55. The van der Waals surface area contributed by atoms with Crippen LogP contribution in [0.4, 0.5) is 5.69 Å². The number of amides is 1. The Labute approximate surface area is 175 Å². The zero-order chi connectivity index (χ0) is 20.8. The third-order valence-corrected chi connectivity index (χ3v) is 6.06. The fourth-order valence-electron chi connectivity index (χ4n) is 4.48. The first kappa shape index (κ1) is 18.8. The van der Waals surface area contributed by atoms with Crippen LogP contribution in [0.25, 0.3) is 27.7 Å². The van der Waals surface area contributed by atoms with Gasteiger partial charge >= 0.3 is 0 Å². The molecule has 7 nitrogen and oxygen atoms in total. The first-order chi connectivity index (χ1) is 14.6. The number of carbonyl (C=O) groups excluding carboxylic acids is 1. The Morgan fingerprint density at radius 2 is 2.07 bits per heavy atom. The number of nitrogens with one attached hydrogen (secondary N) is 1. The first-order valence-corrected chi connectivity index (χ1v) is 10.5. The molecular weight excluding hydrogens is 376 g/mol. The molecule has 1 aliphatic heterocycles. The molecule has 1 aliphatic rings. The minimum absolute atomic E-state index is 0.109. The minimum Gasteiger partial charge on any atom is -0.369 e. The molecule has 0 saturated carbocycles. The largest absolute Gasteiger partial charge is 0.369 e. The maximum absolute atomic E-state index is 12.9. The van der Waals surface area contributed by atoms with Crippen LogP contribution < -0.4 is 10.2 Å². The van der Waals surface area contributed by atoms with Gasteiger partial charge in [0.05, 0.1) is 16.6 Å². The first-order valence-electron chi connectivity index (χ1n) is 10.5. The summed E-state index contributed by atoms with van der Waals surface area (Å²) in [5.41, 5.74) is 5.00.